The Morgan fingerprint density at radius 3 is 2.21 bits per heavy atom. The molecular weight excluding hydrogens is 176 g/mol. The maximum Gasteiger partial charge on any atom is 0.0483 e. The van der Waals surface area contributed by atoms with Gasteiger partial charge < -0.3 is 10.2 Å². The number of hydrogen-bond acceptors (Lipinski definition) is 2. The van der Waals surface area contributed by atoms with Gasteiger partial charge in [0.2, 0.25) is 0 Å². The maximum absolute atomic E-state index is 9.17. The highest BCUT2D eigenvalue weighted by molar-refractivity contribution is 4.85. The van der Waals surface area contributed by atoms with Gasteiger partial charge in [-0.15, -0.1) is 0 Å². The van der Waals surface area contributed by atoms with E-state index in [0.29, 0.717) is 11.3 Å². The Balaban J connectivity index is 2.61. The van der Waals surface area contributed by atoms with Crippen LogP contribution in [0.4, 0.5) is 0 Å². The Morgan fingerprint density at radius 2 is 1.79 bits per heavy atom. The molecule has 1 aliphatic carbocycles. The van der Waals surface area contributed by atoms with Gasteiger partial charge >= 0.3 is 0 Å². The van der Waals surface area contributed by atoms with Crippen LogP contribution in [0.3, 0.4) is 0 Å². The Bertz CT molecular complexity index is 173. The van der Waals surface area contributed by atoms with Crippen LogP contribution in [0.25, 0.3) is 0 Å². The van der Waals surface area contributed by atoms with Gasteiger partial charge in [0.25, 0.3) is 0 Å². The summed E-state index contributed by atoms with van der Waals surface area (Å²) in [6.07, 6.45) is 3.57. The lowest BCUT2D eigenvalue weighted by atomic mass is 9.65. The van der Waals surface area contributed by atoms with Gasteiger partial charge in [0.1, 0.15) is 0 Å². The molecule has 1 fully saturated rings. The van der Waals surface area contributed by atoms with E-state index in [4.69, 9.17) is 0 Å². The predicted octanol–water partition coefficient (Wildman–Crippen LogP) is 2.05. The van der Waals surface area contributed by atoms with Crippen molar-refractivity contribution in [3.05, 3.63) is 0 Å². The van der Waals surface area contributed by atoms with E-state index in [2.05, 4.69) is 20.8 Å². The van der Waals surface area contributed by atoms with E-state index in [9.17, 15) is 10.2 Å². The van der Waals surface area contributed by atoms with Crippen molar-refractivity contribution in [2.45, 2.75) is 40.0 Å². The lowest BCUT2D eigenvalue weighted by Gasteiger charge is -2.41. The van der Waals surface area contributed by atoms with E-state index in [1.807, 2.05) is 0 Å². The van der Waals surface area contributed by atoms with Gasteiger partial charge in [-0.2, -0.15) is 0 Å². The largest absolute Gasteiger partial charge is 0.396 e. The highest BCUT2D eigenvalue weighted by atomic mass is 16.3. The summed E-state index contributed by atoms with van der Waals surface area (Å²) in [7, 11) is 0. The molecule has 0 aromatic heterocycles. The molecule has 2 N–H and O–H groups in total. The van der Waals surface area contributed by atoms with Gasteiger partial charge in [-0.25, -0.2) is 0 Å². The molecule has 0 heterocycles. The Morgan fingerprint density at radius 1 is 1.21 bits per heavy atom. The lowest BCUT2D eigenvalue weighted by molar-refractivity contribution is 0.0371. The van der Waals surface area contributed by atoms with Gasteiger partial charge in [0.15, 0.2) is 0 Å². The second kappa shape index (κ2) is 4.63. The van der Waals surface area contributed by atoms with Crippen molar-refractivity contribution in [2.75, 3.05) is 13.2 Å². The summed E-state index contributed by atoms with van der Waals surface area (Å²) in [4.78, 5) is 0. The molecule has 84 valence electrons. The maximum atomic E-state index is 9.17. The minimum atomic E-state index is 0.0945. The Labute approximate surface area is 87.3 Å². The zero-order chi connectivity index (χ0) is 10.8. The van der Waals surface area contributed by atoms with Crippen molar-refractivity contribution >= 4 is 0 Å². The summed E-state index contributed by atoms with van der Waals surface area (Å²) in [6, 6.07) is 0. The second-order valence-electron chi connectivity index (χ2n) is 5.80. The molecule has 1 aliphatic rings. The minimum Gasteiger partial charge on any atom is -0.396 e. The summed E-state index contributed by atoms with van der Waals surface area (Å²) >= 11 is 0. The molecule has 1 saturated carbocycles. The molecule has 2 atom stereocenters. The summed E-state index contributed by atoms with van der Waals surface area (Å²) < 4.78 is 0. The Hall–Kier alpha value is -0.0800. The smallest absolute Gasteiger partial charge is 0.0483 e. The minimum absolute atomic E-state index is 0.0945. The average Bonchev–Trinajstić information content (AvgIpc) is 2.02. The SMILES string of the molecule is CC1CC(C(CO)CO)CC(C)(C)C1. The summed E-state index contributed by atoms with van der Waals surface area (Å²) in [5.41, 5.74) is 0.380. The average molecular weight is 200 g/mol. The third-order valence-electron chi connectivity index (χ3n) is 3.56. The molecule has 0 aromatic rings. The summed E-state index contributed by atoms with van der Waals surface area (Å²) in [5.74, 6) is 1.32. The van der Waals surface area contributed by atoms with Crippen LogP contribution in [0, 0.1) is 23.2 Å². The van der Waals surface area contributed by atoms with Crippen LogP contribution in [-0.4, -0.2) is 23.4 Å². The van der Waals surface area contributed by atoms with Gasteiger partial charge in [-0.3, -0.25) is 0 Å². The van der Waals surface area contributed by atoms with Crippen LogP contribution in [-0.2, 0) is 0 Å². The number of hydrogen-bond donors (Lipinski definition) is 2. The molecule has 0 radical (unpaired) electrons. The number of aliphatic hydroxyl groups excluding tert-OH is 2. The molecule has 0 aromatic carbocycles. The van der Waals surface area contributed by atoms with Crippen LogP contribution in [0.15, 0.2) is 0 Å². The van der Waals surface area contributed by atoms with Crippen molar-refractivity contribution in [3.63, 3.8) is 0 Å². The quantitative estimate of drug-likeness (QED) is 0.732. The zero-order valence-electron chi connectivity index (χ0n) is 9.66. The van der Waals surface area contributed by atoms with Crippen molar-refractivity contribution < 1.29 is 10.2 Å². The van der Waals surface area contributed by atoms with Crippen molar-refractivity contribution in [1.82, 2.24) is 0 Å². The second-order valence-corrected chi connectivity index (χ2v) is 5.80. The molecule has 0 aliphatic heterocycles. The Kier molecular flexibility index (Phi) is 3.96. The fraction of sp³-hybridized carbons (Fsp3) is 1.00. The predicted molar refractivity (Wildman–Crippen MR) is 57.9 cm³/mol. The molecule has 0 spiro atoms. The first-order valence-electron chi connectivity index (χ1n) is 5.70. The molecule has 1 rings (SSSR count). The van der Waals surface area contributed by atoms with Gasteiger partial charge in [-0.05, 0) is 36.5 Å². The van der Waals surface area contributed by atoms with E-state index >= 15 is 0 Å². The molecule has 0 amide bonds. The van der Waals surface area contributed by atoms with E-state index in [1.165, 1.54) is 6.42 Å². The van der Waals surface area contributed by atoms with Gasteiger partial charge in [0.05, 0.1) is 0 Å². The molecule has 0 saturated heterocycles. The molecule has 0 bridgehead atoms. The van der Waals surface area contributed by atoms with Crippen LogP contribution >= 0.6 is 0 Å². The van der Waals surface area contributed by atoms with E-state index in [-0.39, 0.29) is 19.1 Å². The number of rotatable bonds is 3. The lowest BCUT2D eigenvalue weighted by Crippen LogP contribution is -2.34. The molecule has 2 nitrogen and oxygen atoms in total. The molecular formula is C12H24O2. The molecule has 2 unspecified atom stereocenters. The first-order chi connectivity index (χ1) is 6.48. The monoisotopic (exact) mass is 200 g/mol. The van der Waals surface area contributed by atoms with Crippen molar-refractivity contribution in [3.8, 4) is 0 Å². The van der Waals surface area contributed by atoms with Gasteiger partial charge in [0, 0.05) is 19.1 Å². The normalized spacial score (nSPS) is 32.1. The highest BCUT2D eigenvalue weighted by Gasteiger charge is 2.35. The van der Waals surface area contributed by atoms with Crippen molar-refractivity contribution in [2.24, 2.45) is 23.2 Å². The first-order valence-corrected chi connectivity index (χ1v) is 5.70. The standard InChI is InChI=1S/C12H24O2/c1-9-4-10(11(7-13)8-14)6-12(2,3)5-9/h9-11,13-14H,4-8H2,1-3H3. The number of aliphatic hydroxyl groups is 2. The summed E-state index contributed by atoms with van der Waals surface area (Å²) in [6.45, 7) is 7.12. The third-order valence-corrected chi connectivity index (χ3v) is 3.56. The van der Waals surface area contributed by atoms with Crippen LogP contribution in [0.1, 0.15) is 40.0 Å². The fourth-order valence-electron chi connectivity index (χ4n) is 3.13. The van der Waals surface area contributed by atoms with E-state index < -0.39 is 0 Å². The van der Waals surface area contributed by atoms with Gasteiger partial charge in [-0.1, -0.05) is 20.8 Å². The zero-order valence-corrected chi connectivity index (χ0v) is 9.66. The van der Waals surface area contributed by atoms with Crippen LogP contribution in [0.5, 0.6) is 0 Å². The molecule has 2 heteroatoms. The van der Waals surface area contributed by atoms with Crippen molar-refractivity contribution in [1.29, 1.82) is 0 Å². The highest BCUT2D eigenvalue weighted by Crippen LogP contribution is 2.44. The topological polar surface area (TPSA) is 40.5 Å². The van der Waals surface area contributed by atoms with Crippen LogP contribution in [0.2, 0.25) is 0 Å². The van der Waals surface area contributed by atoms with E-state index in [1.54, 1.807) is 0 Å². The van der Waals surface area contributed by atoms with E-state index in [0.717, 1.165) is 18.8 Å². The van der Waals surface area contributed by atoms with Crippen LogP contribution < -0.4 is 0 Å². The summed E-state index contributed by atoms with van der Waals surface area (Å²) in [5, 5.41) is 18.3. The first kappa shape index (κ1) is 12.0. The molecule has 14 heavy (non-hydrogen) atoms. The third kappa shape index (κ3) is 2.96. The fourth-order valence-corrected chi connectivity index (χ4v) is 3.13.